The van der Waals surface area contributed by atoms with Crippen molar-refractivity contribution in [3.05, 3.63) is 138 Å². The van der Waals surface area contributed by atoms with Crippen LogP contribution in [0.4, 0.5) is 5.69 Å². The molecular weight excluding hydrogens is 368 g/mol. The number of para-hydroxylation sites is 1. The fourth-order valence-corrected chi connectivity index (χ4v) is 3.44. The van der Waals surface area contributed by atoms with Crippen molar-refractivity contribution < 1.29 is 4.79 Å². The van der Waals surface area contributed by atoms with Gasteiger partial charge in [-0.25, -0.2) is 0 Å². The molecule has 4 aromatic rings. The summed E-state index contributed by atoms with van der Waals surface area (Å²) in [5, 5.41) is 6.57. The molecular formula is C27H24N2O. The van der Waals surface area contributed by atoms with Gasteiger partial charge in [0.2, 0.25) is 0 Å². The number of anilines is 1. The van der Waals surface area contributed by atoms with Crippen molar-refractivity contribution in [2.24, 2.45) is 0 Å². The van der Waals surface area contributed by atoms with E-state index >= 15 is 0 Å². The van der Waals surface area contributed by atoms with E-state index in [4.69, 9.17) is 0 Å². The summed E-state index contributed by atoms with van der Waals surface area (Å²) in [6, 6.07) is 38.2. The zero-order valence-corrected chi connectivity index (χ0v) is 16.7. The minimum absolute atomic E-state index is 0.104. The van der Waals surface area contributed by atoms with Crippen LogP contribution in [0.2, 0.25) is 0 Å². The molecule has 0 aliphatic carbocycles. The SMILES string of the molecule is O=C(Nc1ccccc1)c1ccc(CNC(c2ccccc2)c2ccccc2)cc1. The Balaban J connectivity index is 1.44. The Bertz CT molecular complexity index is 1020. The molecule has 1 amide bonds. The van der Waals surface area contributed by atoms with E-state index in [0.29, 0.717) is 12.1 Å². The summed E-state index contributed by atoms with van der Waals surface area (Å²) in [7, 11) is 0. The van der Waals surface area contributed by atoms with Crippen LogP contribution in [0, 0.1) is 0 Å². The second kappa shape index (κ2) is 9.68. The van der Waals surface area contributed by atoms with Crippen LogP contribution in [0.15, 0.2) is 115 Å². The summed E-state index contributed by atoms with van der Waals surface area (Å²) < 4.78 is 0. The summed E-state index contributed by atoms with van der Waals surface area (Å²) in [6.45, 7) is 0.703. The molecule has 0 fully saturated rings. The number of hydrogen-bond acceptors (Lipinski definition) is 2. The highest BCUT2D eigenvalue weighted by Crippen LogP contribution is 2.22. The highest BCUT2D eigenvalue weighted by molar-refractivity contribution is 6.04. The van der Waals surface area contributed by atoms with Crippen molar-refractivity contribution in [3.8, 4) is 0 Å². The smallest absolute Gasteiger partial charge is 0.255 e. The molecule has 0 radical (unpaired) electrons. The minimum Gasteiger partial charge on any atom is -0.322 e. The van der Waals surface area contributed by atoms with Gasteiger partial charge in [-0.2, -0.15) is 0 Å². The number of carbonyl (C=O) groups is 1. The van der Waals surface area contributed by atoms with Crippen LogP contribution in [-0.4, -0.2) is 5.91 Å². The highest BCUT2D eigenvalue weighted by Gasteiger charge is 2.13. The zero-order valence-electron chi connectivity index (χ0n) is 16.7. The maximum Gasteiger partial charge on any atom is 0.255 e. The van der Waals surface area contributed by atoms with Gasteiger partial charge in [0.05, 0.1) is 6.04 Å². The van der Waals surface area contributed by atoms with E-state index in [1.165, 1.54) is 11.1 Å². The van der Waals surface area contributed by atoms with Crippen LogP contribution in [0.25, 0.3) is 0 Å². The Hall–Kier alpha value is -3.69. The third kappa shape index (κ3) is 5.02. The Kier molecular flexibility index (Phi) is 6.33. The van der Waals surface area contributed by atoms with Crippen LogP contribution in [0.1, 0.15) is 33.1 Å². The number of carbonyl (C=O) groups excluding carboxylic acids is 1. The van der Waals surface area contributed by atoms with Gasteiger partial charge < -0.3 is 10.6 Å². The van der Waals surface area contributed by atoms with Gasteiger partial charge in [0, 0.05) is 17.8 Å². The zero-order chi connectivity index (χ0) is 20.6. The fourth-order valence-electron chi connectivity index (χ4n) is 3.44. The molecule has 30 heavy (non-hydrogen) atoms. The minimum atomic E-state index is -0.104. The Morgan fingerprint density at radius 2 is 1.13 bits per heavy atom. The predicted octanol–water partition coefficient (Wildman–Crippen LogP) is 5.82. The van der Waals surface area contributed by atoms with Gasteiger partial charge >= 0.3 is 0 Å². The van der Waals surface area contributed by atoms with Crippen LogP contribution in [-0.2, 0) is 6.54 Å². The normalized spacial score (nSPS) is 10.7. The Morgan fingerprint density at radius 1 is 0.633 bits per heavy atom. The van der Waals surface area contributed by atoms with E-state index in [2.05, 4.69) is 59.2 Å². The third-order valence-corrected chi connectivity index (χ3v) is 5.02. The van der Waals surface area contributed by atoms with Gasteiger partial charge in [-0.15, -0.1) is 0 Å². The predicted molar refractivity (Wildman–Crippen MR) is 122 cm³/mol. The lowest BCUT2D eigenvalue weighted by atomic mass is 9.98. The lowest BCUT2D eigenvalue weighted by Gasteiger charge is -2.20. The van der Waals surface area contributed by atoms with Gasteiger partial charge in [0.25, 0.3) is 5.91 Å². The number of benzene rings is 4. The van der Waals surface area contributed by atoms with E-state index in [1.54, 1.807) is 0 Å². The van der Waals surface area contributed by atoms with Crippen molar-refractivity contribution in [1.29, 1.82) is 0 Å². The Morgan fingerprint density at radius 3 is 1.67 bits per heavy atom. The lowest BCUT2D eigenvalue weighted by molar-refractivity contribution is 0.102. The molecule has 0 aromatic heterocycles. The van der Waals surface area contributed by atoms with Crippen molar-refractivity contribution in [2.75, 3.05) is 5.32 Å². The topological polar surface area (TPSA) is 41.1 Å². The van der Waals surface area contributed by atoms with Crippen molar-refractivity contribution in [1.82, 2.24) is 5.32 Å². The molecule has 0 atom stereocenters. The maximum absolute atomic E-state index is 12.4. The van der Waals surface area contributed by atoms with Crippen molar-refractivity contribution >= 4 is 11.6 Å². The van der Waals surface area contributed by atoms with E-state index in [0.717, 1.165) is 11.3 Å². The molecule has 0 saturated carbocycles. The quantitative estimate of drug-likeness (QED) is 0.416. The molecule has 148 valence electrons. The summed E-state index contributed by atoms with van der Waals surface area (Å²) in [5.74, 6) is -0.104. The number of hydrogen-bond donors (Lipinski definition) is 2. The van der Waals surface area contributed by atoms with Gasteiger partial charge in [0.1, 0.15) is 0 Å². The van der Waals surface area contributed by atoms with Crippen molar-refractivity contribution in [2.45, 2.75) is 12.6 Å². The molecule has 0 saturated heterocycles. The van der Waals surface area contributed by atoms with Gasteiger partial charge in [0.15, 0.2) is 0 Å². The van der Waals surface area contributed by atoms with Crippen LogP contribution >= 0.6 is 0 Å². The fraction of sp³-hybridized carbons (Fsp3) is 0.0741. The third-order valence-electron chi connectivity index (χ3n) is 5.02. The summed E-state index contributed by atoms with van der Waals surface area (Å²) in [5.41, 5.74) is 5.01. The molecule has 0 aliphatic heterocycles. The largest absolute Gasteiger partial charge is 0.322 e. The van der Waals surface area contributed by atoms with Crippen LogP contribution < -0.4 is 10.6 Å². The molecule has 4 aromatic carbocycles. The van der Waals surface area contributed by atoms with E-state index in [9.17, 15) is 4.79 Å². The second-order valence-electron chi connectivity index (χ2n) is 7.15. The number of nitrogens with one attached hydrogen (secondary N) is 2. The molecule has 4 rings (SSSR count). The lowest BCUT2D eigenvalue weighted by Crippen LogP contribution is -2.22. The monoisotopic (exact) mass is 392 g/mol. The molecule has 0 aliphatic rings. The van der Waals surface area contributed by atoms with Gasteiger partial charge in [-0.1, -0.05) is 91.0 Å². The van der Waals surface area contributed by atoms with Gasteiger partial charge in [-0.05, 0) is 41.0 Å². The number of amides is 1. The molecule has 0 spiro atoms. The summed E-state index contributed by atoms with van der Waals surface area (Å²) >= 11 is 0. The molecule has 3 nitrogen and oxygen atoms in total. The van der Waals surface area contributed by atoms with Gasteiger partial charge in [-0.3, -0.25) is 4.79 Å². The van der Waals surface area contributed by atoms with E-state index in [-0.39, 0.29) is 11.9 Å². The van der Waals surface area contributed by atoms with Crippen molar-refractivity contribution in [3.63, 3.8) is 0 Å². The average Bonchev–Trinajstić information content (AvgIpc) is 2.82. The standard InChI is InChI=1S/C27H24N2O/c30-27(29-25-14-8-3-9-15-25)24-18-16-21(17-19-24)20-28-26(22-10-4-1-5-11-22)23-12-6-2-7-13-23/h1-19,26,28H,20H2,(H,29,30). The molecule has 0 heterocycles. The van der Waals surface area contributed by atoms with Crippen LogP contribution in [0.5, 0.6) is 0 Å². The molecule has 3 heteroatoms. The average molecular weight is 393 g/mol. The summed E-state index contributed by atoms with van der Waals surface area (Å²) in [6.07, 6.45) is 0. The van der Waals surface area contributed by atoms with E-state index in [1.807, 2.05) is 66.7 Å². The Labute approximate surface area is 177 Å². The number of rotatable bonds is 7. The molecule has 2 N–H and O–H groups in total. The highest BCUT2D eigenvalue weighted by atomic mass is 16.1. The first kappa shape index (κ1) is 19.6. The summed E-state index contributed by atoms with van der Waals surface area (Å²) in [4.78, 5) is 12.4. The molecule has 0 unspecified atom stereocenters. The maximum atomic E-state index is 12.4. The van der Waals surface area contributed by atoms with E-state index < -0.39 is 0 Å². The first-order chi connectivity index (χ1) is 14.8. The van der Waals surface area contributed by atoms with Crippen LogP contribution in [0.3, 0.4) is 0 Å². The molecule has 0 bridgehead atoms. The second-order valence-corrected chi connectivity index (χ2v) is 7.15. The first-order valence-corrected chi connectivity index (χ1v) is 10.1. The first-order valence-electron chi connectivity index (χ1n) is 10.1.